The zero-order valence-electron chi connectivity index (χ0n) is 14.3. The number of hydrogen-bond acceptors (Lipinski definition) is 5. The highest BCUT2D eigenvalue weighted by atomic mass is 35.5. The predicted octanol–water partition coefficient (Wildman–Crippen LogP) is 4.94. The SMILES string of the molecule is COc1ccc(NC(=O)c2sc(COc3ccc(Cl)cc3)nc2C)cc1. The maximum Gasteiger partial charge on any atom is 0.267 e. The van der Waals surface area contributed by atoms with Gasteiger partial charge in [-0.25, -0.2) is 4.98 Å². The van der Waals surface area contributed by atoms with Gasteiger partial charge in [-0.1, -0.05) is 11.6 Å². The number of ether oxygens (including phenoxy) is 2. The number of anilines is 1. The van der Waals surface area contributed by atoms with Crippen molar-refractivity contribution in [3.8, 4) is 11.5 Å². The molecular formula is C19H17ClN2O3S. The number of hydrogen-bond donors (Lipinski definition) is 1. The van der Waals surface area contributed by atoms with Crippen LogP contribution in [0.3, 0.4) is 0 Å². The van der Waals surface area contributed by atoms with E-state index >= 15 is 0 Å². The average molecular weight is 389 g/mol. The van der Waals surface area contributed by atoms with E-state index in [0.29, 0.717) is 33.6 Å². The van der Waals surface area contributed by atoms with Gasteiger partial charge in [-0.3, -0.25) is 4.79 Å². The van der Waals surface area contributed by atoms with Crippen molar-refractivity contribution in [3.05, 3.63) is 69.1 Å². The minimum Gasteiger partial charge on any atom is -0.497 e. The van der Waals surface area contributed by atoms with Crippen LogP contribution in [0.15, 0.2) is 48.5 Å². The largest absolute Gasteiger partial charge is 0.497 e. The topological polar surface area (TPSA) is 60.5 Å². The number of carbonyl (C=O) groups is 1. The van der Waals surface area contributed by atoms with Crippen LogP contribution in [0.4, 0.5) is 5.69 Å². The number of aryl methyl sites for hydroxylation is 1. The third-order valence-corrected chi connectivity index (χ3v) is 4.95. The smallest absolute Gasteiger partial charge is 0.267 e. The second-order valence-corrected chi connectivity index (χ2v) is 6.97. The Morgan fingerprint density at radius 2 is 1.77 bits per heavy atom. The highest BCUT2D eigenvalue weighted by Crippen LogP contribution is 2.23. The maximum absolute atomic E-state index is 12.5. The van der Waals surface area contributed by atoms with Gasteiger partial charge in [0.2, 0.25) is 0 Å². The van der Waals surface area contributed by atoms with Crippen LogP contribution < -0.4 is 14.8 Å². The molecule has 0 aliphatic carbocycles. The molecule has 1 amide bonds. The molecule has 1 N–H and O–H groups in total. The van der Waals surface area contributed by atoms with E-state index in [2.05, 4.69) is 10.3 Å². The standard InChI is InChI=1S/C19H17ClN2O3S/c1-12-18(19(23)22-14-5-9-15(24-2)10-6-14)26-17(21-12)11-25-16-7-3-13(20)4-8-16/h3-10H,11H2,1-2H3,(H,22,23). The molecule has 0 atom stereocenters. The van der Waals surface area contributed by atoms with E-state index in [4.69, 9.17) is 21.1 Å². The summed E-state index contributed by atoms with van der Waals surface area (Å²) in [6.07, 6.45) is 0. The number of carbonyl (C=O) groups excluding carboxylic acids is 1. The molecule has 0 unspecified atom stereocenters. The summed E-state index contributed by atoms with van der Waals surface area (Å²) in [5, 5.41) is 4.25. The van der Waals surface area contributed by atoms with E-state index in [1.54, 1.807) is 55.6 Å². The van der Waals surface area contributed by atoms with Crippen LogP contribution >= 0.6 is 22.9 Å². The van der Waals surface area contributed by atoms with Gasteiger partial charge in [0.1, 0.15) is 28.0 Å². The van der Waals surface area contributed by atoms with Crippen LogP contribution in [-0.2, 0) is 6.61 Å². The van der Waals surface area contributed by atoms with Crippen molar-refractivity contribution in [1.29, 1.82) is 0 Å². The summed E-state index contributed by atoms with van der Waals surface area (Å²) in [6, 6.07) is 14.3. The Kier molecular flexibility index (Phi) is 5.75. The van der Waals surface area contributed by atoms with Gasteiger partial charge >= 0.3 is 0 Å². The molecule has 26 heavy (non-hydrogen) atoms. The lowest BCUT2D eigenvalue weighted by Crippen LogP contribution is -2.11. The van der Waals surface area contributed by atoms with E-state index in [1.807, 2.05) is 6.92 Å². The van der Waals surface area contributed by atoms with Crippen molar-refractivity contribution in [3.63, 3.8) is 0 Å². The maximum atomic E-state index is 12.5. The first kappa shape index (κ1) is 18.2. The fourth-order valence-electron chi connectivity index (χ4n) is 2.26. The van der Waals surface area contributed by atoms with Gasteiger partial charge in [0.15, 0.2) is 0 Å². The predicted molar refractivity (Wildman–Crippen MR) is 104 cm³/mol. The lowest BCUT2D eigenvalue weighted by Gasteiger charge is -2.05. The molecule has 134 valence electrons. The van der Waals surface area contributed by atoms with Gasteiger partial charge in [-0.2, -0.15) is 0 Å². The number of amides is 1. The first-order chi connectivity index (χ1) is 12.5. The average Bonchev–Trinajstić information content (AvgIpc) is 3.03. The quantitative estimate of drug-likeness (QED) is 0.649. The van der Waals surface area contributed by atoms with Gasteiger partial charge in [0.25, 0.3) is 5.91 Å². The Hall–Kier alpha value is -2.57. The first-order valence-electron chi connectivity index (χ1n) is 7.85. The third kappa shape index (κ3) is 4.53. The molecule has 0 bridgehead atoms. The number of methoxy groups -OCH3 is 1. The van der Waals surface area contributed by atoms with Crippen molar-refractivity contribution in [2.24, 2.45) is 0 Å². The Morgan fingerprint density at radius 3 is 2.42 bits per heavy atom. The van der Waals surface area contributed by atoms with Gasteiger partial charge in [-0.15, -0.1) is 11.3 Å². The molecule has 3 rings (SSSR count). The lowest BCUT2D eigenvalue weighted by atomic mass is 10.3. The summed E-state index contributed by atoms with van der Waals surface area (Å²) in [7, 11) is 1.60. The fourth-order valence-corrected chi connectivity index (χ4v) is 3.26. The molecule has 2 aromatic carbocycles. The zero-order valence-corrected chi connectivity index (χ0v) is 15.9. The van der Waals surface area contributed by atoms with Gasteiger partial charge < -0.3 is 14.8 Å². The molecule has 0 spiro atoms. The van der Waals surface area contributed by atoms with E-state index < -0.39 is 0 Å². The summed E-state index contributed by atoms with van der Waals surface area (Å²) >= 11 is 7.17. The zero-order chi connectivity index (χ0) is 18.5. The van der Waals surface area contributed by atoms with Gasteiger partial charge in [0, 0.05) is 10.7 Å². The first-order valence-corrected chi connectivity index (χ1v) is 9.04. The molecule has 1 heterocycles. The summed E-state index contributed by atoms with van der Waals surface area (Å²) in [4.78, 5) is 17.5. The number of aromatic nitrogens is 1. The van der Waals surface area contributed by atoms with Gasteiger partial charge in [-0.05, 0) is 55.5 Å². The number of benzene rings is 2. The number of rotatable bonds is 6. The summed E-state index contributed by atoms with van der Waals surface area (Å²) in [6.45, 7) is 2.11. The highest BCUT2D eigenvalue weighted by molar-refractivity contribution is 7.13. The molecule has 5 nitrogen and oxygen atoms in total. The van der Waals surface area contributed by atoms with Crippen LogP contribution in [0.1, 0.15) is 20.4 Å². The van der Waals surface area contributed by atoms with E-state index in [9.17, 15) is 4.79 Å². The Labute approximate surface area is 160 Å². The molecule has 0 radical (unpaired) electrons. The summed E-state index contributed by atoms with van der Waals surface area (Å²) < 4.78 is 10.8. The van der Waals surface area contributed by atoms with Crippen molar-refractivity contribution in [2.75, 3.05) is 12.4 Å². The minimum atomic E-state index is -0.192. The van der Waals surface area contributed by atoms with Crippen LogP contribution in [0, 0.1) is 6.92 Å². The molecule has 0 aliphatic rings. The Bertz CT molecular complexity index is 892. The molecular weight excluding hydrogens is 372 g/mol. The van der Waals surface area contributed by atoms with Crippen molar-refractivity contribution in [2.45, 2.75) is 13.5 Å². The monoisotopic (exact) mass is 388 g/mol. The van der Waals surface area contributed by atoms with Crippen molar-refractivity contribution < 1.29 is 14.3 Å². The fraction of sp³-hybridized carbons (Fsp3) is 0.158. The number of thiazole rings is 1. The van der Waals surface area contributed by atoms with Crippen LogP contribution in [0.5, 0.6) is 11.5 Å². The van der Waals surface area contributed by atoms with Gasteiger partial charge in [0.05, 0.1) is 12.8 Å². The molecule has 0 saturated heterocycles. The molecule has 0 aliphatic heterocycles. The Balaban J connectivity index is 1.64. The molecule has 3 aromatic rings. The lowest BCUT2D eigenvalue weighted by molar-refractivity contribution is 0.103. The normalized spacial score (nSPS) is 10.4. The molecule has 0 fully saturated rings. The summed E-state index contributed by atoms with van der Waals surface area (Å²) in [5.74, 6) is 1.24. The molecule has 7 heteroatoms. The van der Waals surface area contributed by atoms with E-state index in [1.165, 1.54) is 11.3 Å². The minimum absolute atomic E-state index is 0.192. The van der Waals surface area contributed by atoms with E-state index in [0.717, 1.165) is 10.8 Å². The second kappa shape index (κ2) is 8.21. The second-order valence-electron chi connectivity index (χ2n) is 5.45. The molecule has 0 saturated carbocycles. The number of nitrogens with one attached hydrogen (secondary N) is 1. The van der Waals surface area contributed by atoms with Crippen LogP contribution in [0.25, 0.3) is 0 Å². The van der Waals surface area contributed by atoms with Crippen LogP contribution in [-0.4, -0.2) is 18.0 Å². The number of nitrogens with zero attached hydrogens (tertiary/aromatic N) is 1. The highest BCUT2D eigenvalue weighted by Gasteiger charge is 2.16. The summed E-state index contributed by atoms with van der Waals surface area (Å²) in [5.41, 5.74) is 1.37. The number of halogens is 1. The van der Waals surface area contributed by atoms with Crippen molar-refractivity contribution >= 4 is 34.5 Å². The van der Waals surface area contributed by atoms with Crippen LogP contribution in [0.2, 0.25) is 5.02 Å². The van der Waals surface area contributed by atoms with Crippen molar-refractivity contribution in [1.82, 2.24) is 4.98 Å². The van der Waals surface area contributed by atoms with E-state index in [-0.39, 0.29) is 5.91 Å². The third-order valence-electron chi connectivity index (χ3n) is 3.57. The molecule has 1 aromatic heterocycles. The Morgan fingerprint density at radius 1 is 1.12 bits per heavy atom.